The number of hydrogen-bond donors (Lipinski definition) is 0. The third kappa shape index (κ3) is 2.82. The molecule has 0 unspecified atom stereocenters. The molecule has 3 nitrogen and oxygen atoms in total. The lowest BCUT2D eigenvalue weighted by atomic mass is 10.3. The molecule has 0 fully saturated rings. The van der Waals surface area contributed by atoms with Gasteiger partial charge in [0.25, 0.3) is 0 Å². The van der Waals surface area contributed by atoms with E-state index in [2.05, 4.69) is 21.0 Å². The third-order valence-electron chi connectivity index (χ3n) is 2.47. The number of hydrogen-bond acceptors (Lipinski definition) is 2. The minimum atomic E-state index is 0.539. The number of rotatable bonds is 3. The van der Waals surface area contributed by atoms with E-state index in [0.29, 0.717) is 27.0 Å². The molecule has 2 aromatic rings. The summed E-state index contributed by atoms with van der Waals surface area (Å²) in [7, 11) is 1.83. The van der Waals surface area contributed by atoms with Gasteiger partial charge in [-0.05, 0) is 25.1 Å². The van der Waals surface area contributed by atoms with Crippen molar-refractivity contribution >= 4 is 39.1 Å². The summed E-state index contributed by atoms with van der Waals surface area (Å²) in [5.41, 5.74) is 1.94. The van der Waals surface area contributed by atoms with Gasteiger partial charge in [0.1, 0.15) is 5.75 Å². The predicted octanol–water partition coefficient (Wildman–Crippen LogP) is 4.72. The van der Waals surface area contributed by atoms with E-state index in [1.807, 2.05) is 14.0 Å². The van der Waals surface area contributed by atoms with Crippen molar-refractivity contribution in [2.45, 2.75) is 12.3 Å². The molecule has 1 aromatic heterocycles. The second-order valence-electron chi connectivity index (χ2n) is 3.83. The Morgan fingerprint density at radius 1 is 1.28 bits per heavy atom. The number of alkyl halides is 1. The zero-order valence-electron chi connectivity index (χ0n) is 9.88. The van der Waals surface area contributed by atoms with Gasteiger partial charge in [-0.1, -0.05) is 39.1 Å². The molecule has 0 radical (unpaired) electrons. The highest BCUT2D eigenvalue weighted by Crippen LogP contribution is 2.32. The van der Waals surface area contributed by atoms with Gasteiger partial charge in [-0.3, -0.25) is 0 Å². The Morgan fingerprint density at radius 2 is 1.89 bits per heavy atom. The minimum absolute atomic E-state index is 0.539. The molecule has 0 saturated carbocycles. The zero-order chi connectivity index (χ0) is 13.3. The molecule has 0 bridgehead atoms. The fourth-order valence-electron chi connectivity index (χ4n) is 1.66. The molecule has 0 aliphatic rings. The van der Waals surface area contributed by atoms with Gasteiger partial charge in [-0.25, -0.2) is 4.68 Å². The van der Waals surface area contributed by atoms with Gasteiger partial charge in [-0.15, -0.1) is 0 Å². The summed E-state index contributed by atoms with van der Waals surface area (Å²) in [6.07, 6.45) is 0. The van der Waals surface area contributed by atoms with Crippen LogP contribution >= 0.6 is 39.1 Å². The van der Waals surface area contributed by atoms with Gasteiger partial charge in [0.05, 0.1) is 5.69 Å². The van der Waals surface area contributed by atoms with E-state index in [9.17, 15) is 0 Å². The minimum Gasteiger partial charge on any atom is -0.439 e. The van der Waals surface area contributed by atoms with E-state index < -0.39 is 0 Å². The Balaban J connectivity index is 2.39. The van der Waals surface area contributed by atoms with Crippen molar-refractivity contribution in [2.24, 2.45) is 7.05 Å². The van der Waals surface area contributed by atoms with Gasteiger partial charge >= 0.3 is 0 Å². The van der Waals surface area contributed by atoms with Gasteiger partial charge in [0.15, 0.2) is 0 Å². The van der Waals surface area contributed by atoms with Gasteiger partial charge in [0.2, 0.25) is 5.88 Å². The number of benzene rings is 1. The average Bonchev–Trinajstić information content (AvgIpc) is 2.52. The molecule has 6 heteroatoms. The molecule has 1 aromatic carbocycles. The fraction of sp³-hybridized carbons (Fsp3) is 0.250. The molecule has 0 atom stereocenters. The van der Waals surface area contributed by atoms with Crippen molar-refractivity contribution in [2.75, 3.05) is 0 Å². The number of aromatic nitrogens is 2. The number of halogens is 3. The summed E-state index contributed by atoms with van der Waals surface area (Å²) in [6.45, 7) is 1.94. The first-order valence-electron chi connectivity index (χ1n) is 5.23. The molecule has 0 aliphatic heterocycles. The summed E-state index contributed by atoms with van der Waals surface area (Å²) < 4.78 is 7.51. The SMILES string of the molecule is Cc1nn(C)c(Oc2cc(Cl)cc(Cl)c2)c1CBr. The monoisotopic (exact) mass is 348 g/mol. The first-order valence-corrected chi connectivity index (χ1v) is 7.11. The quantitative estimate of drug-likeness (QED) is 0.749. The maximum Gasteiger partial charge on any atom is 0.221 e. The molecule has 0 saturated heterocycles. The zero-order valence-corrected chi connectivity index (χ0v) is 13.0. The van der Waals surface area contributed by atoms with Crippen molar-refractivity contribution in [1.82, 2.24) is 9.78 Å². The Hall–Kier alpha value is -0.710. The molecule has 0 aliphatic carbocycles. The fourth-order valence-corrected chi connectivity index (χ4v) is 2.81. The van der Waals surface area contributed by atoms with Crippen LogP contribution in [0.15, 0.2) is 18.2 Å². The van der Waals surface area contributed by atoms with Gasteiger partial charge in [-0.2, -0.15) is 5.10 Å². The van der Waals surface area contributed by atoms with E-state index in [4.69, 9.17) is 27.9 Å². The third-order valence-corrected chi connectivity index (χ3v) is 3.47. The molecule has 0 spiro atoms. The Kier molecular flexibility index (Phi) is 4.20. The van der Waals surface area contributed by atoms with Crippen LogP contribution in [0.5, 0.6) is 11.6 Å². The highest BCUT2D eigenvalue weighted by atomic mass is 79.9. The topological polar surface area (TPSA) is 27.1 Å². The highest BCUT2D eigenvalue weighted by molar-refractivity contribution is 9.08. The molecule has 96 valence electrons. The van der Waals surface area contributed by atoms with Gasteiger partial charge in [0, 0.05) is 28.0 Å². The normalized spacial score (nSPS) is 10.7. The van der Waals surface area contributed by atoms with E-state index in [-0.39, 0.29) is 0 Å². The van der Waals surface area contributed by atoms with Crippen molar-refractivity contribution in [3.63, 3.8) is 0 Å². The number of aryl methyl sites for hydroxylation is 2. The summed E-state index contributed by atoms with van der Waals surface area (Å²) >= 11 is 15.3. The molecule has 1 heterocycles. The smallest absolute Gasteiger partial charge is 0.221 e. The van der Waals surface area contributed by atoms with Crippen molar-refractivity contribution in [3.8, 4) is 11.6 Å². The Labute approximate surface area is 124 Å². The molecule has 0 amide bonds. The maximum atomic E-state index is 5.94. The summed E-state index contributed by atoms with van der Waals surface area (Å²) in [5.74, 6) is 1.28. The maximum absolute atomic E-state index is 5.94. The first-order chi connectivity index (χ1) is 8.51. The van der Waals surface area contributed by atoms with Crippen LogP contribution in [0.2, 0.25) is 10.0 Å². The lowest BCUT2D eigenvalue weighted by Crippen LogP contribution is -1.96. The number of ether oxygens (including phenoxy) is 1. The number of nitrogens with zero attached hydrogens (tertiary/aromatic N) is 2. The van der Waals surface area contributed by atoms with E-state index in [1.54, 1.807) is 22.9 Å². The van der Waals surface area contributed by atoms with Crippen LogP contribution in [0.1, 0.15) is 11.3 Å². The van der Waals surface area contributed by atoms with Gasteiger partial charge < -0.3 is 4.74 Å². The molecular weight excluding hydrogens is 339 g/mol. The van der Waals surface area contributed by atoms with E-state index in [0.717, 1.165) is 11.3 Å². The summed E-state index contributed by atoms with van der Waals surface area (Å²) in [4.78, 5) is 0. The lowest BCUT2D eigenvalue weighted by Gasteiger charge is -2.08. The molecule has 2 rings (SSSR count). The van der Waals surface area contributed by atoms with Crippen LogP contribution in [0.4, 0.5) is 0 Å². The van der Waals surface area contributed by atoms with Crippen LogP contribution in [-0.4, -0.2) is 9.78 Å². The average molecular weight is 350 g/mol. The van der Waals surface area contributed by atoms with Crippen LogP contribution < -0.4 is 4.74 Å². The van der Waals surface area contributed by atoms with Crippen LogP contribution in [0.3, 0.4) is 0 Å². The Bertz CT molecular complexity index is 563. The van der Waals surface area contributed by atoms with Crippen LogP contribution in [-0.2, 0) is 12.4 Å². The summed E-state index contributed by atoms with van der Waals surface area (Å²) in [5, 5.41) is 6.07. The van der Waals surface area contributed by atoms with E-state index >= 15 is 0 Å². The first kappa shape index (κ1) is 13.7. The second kappa shape index (κ2) is 5.51. The van der Waals surface area contributed by atoms with Crippen LogP contribution in [0, 0.1) is 6.92 Å². The van der Waals surface area contributed by atoms with Crippen molar-refractivity contribution in [3.05, 3.63) is 39.5 Å². The standard InChI is InChI=1S/C12H11BrCl2N2O/c1-7-11(6-13)12(17(2)16-7)18-10-4-8(14)3-9(15)5-10/h3-5H,6H2,1-2H3. The molecule has 0 N–H and O–H groups in total. The highest BCUT2D eigenvalue weighted by Gasteiger charge is 2.14. The summed E-state index contributed by atoms with van der Waals surface area (Å²) in [6, 6.07) is 5.09. The largest absolute Gasteiger partial charge is 0.439 e. The second-order valence-corrected chi connectivity index (χ2v) is 5.27. The molecular formula is C12H11BrCl2N2O. The van der Waals surface area contributed by atoms with E-state index in [1.165, 1.54) is 0 Å². The van der Waals surface area contributed by atoms with Crippen molar-refractivity contribution in [1.29, 1.82) is 0 Å². The van der Waals surface area contributed by atoms with Crippen molar-refractivity contribution < 1.29 is 4.74 Å². The predicted molar refractivity (Wildman–Crippen MR) is 77.1 cm³/mol. The molecule has 18 heavy (non-hydrogen) atoms. The lowest BCUT2D eigenvalue weighted by molar-refractivity contribution is 0.427. The van der Waals surface area contributed by atoms with Crippen LogP contribution in [0.25, 0.3) is 0 Å². The Morgan fingerprint density at radius 3 is 2.44 bits per heavy atom.